The fourth-order valence-corrected chi connectivity index (χ4v) is 5.57. The van der Waals surface area contributed by atoms with Gasteiger partial charge < -0.3 is 4.74 Å². The summed E-state index contributed by atoms with van der Waals surface area (Å²) in [6, 6.07) is 11.6. The molecule has 1 aromatic carbocycles. The third-order valence-corrected chi connectivity index (χ3v) is 7.21. The summed E-state index contributed by atoms with van der Waals surface area (Å²) in [6.45, 7) is 9.74. The molecule has 3 aromatic rings. The molecule has 1 aliphatic heterocycles. The molecular weight excluding hydrogens is 440 g/mol. The van der Waals surface area contributed by atoms with Gasteiger partial charge in [-0.2, -0.15) is 0 Å². The second-order valence-corrected chi connectivity index (χ2v) is 10.4. The summed E-state index contributed by atoms with van der Waals surface area (Å²) in [4.78, 5) is 32.6. The lowest BCUT2D eigenvalue weighted by molar-refractivity contribution is -0.143. The number of aromatic nitrogens is 1. The fourth-order valence-electron chi connectivity index (χ4n) is 3.70. The molecule has 0 aliphatic carbocycles. The number of fused-ring (bicyclic) bond motifs is 1. The largest absolute Gasteiger partial charge is 0.459 e. The van der Waals surface area contributed by atoms with Gasteiger partial charge in [0.05, 0.1) is 21.9 Å². The van der Waals surface area contributed by atoms with Crippen LogP contribution in [0.2, 0.25) is 0 Å². The predicted molar refractivity (Wildman–Crippen MR) is 130 cm³/mol. The van der Waals surface area contributed by atoms with Crippen molar-refractivity contribution >= 4 is 34.7 Å². The van der Waals surface area contributed by atoms with E-state index in [9.17, 15) is 9.59 Å². The Kier molecular flexibility index (Phi) is 6.31. The first-order valence-corrected chi connectivity index (χ1v) is 12.3. The molecule has 0 N–H and O–H groups in total. The van der Waals surface area contributed by atoms with Crippen LogP contribution in [0.25, 0.3) is 6.08 Å². The number of rotatable bonds is 5. The Morgan fingerprint density at radius 1 is 1.16 bits per heavy atom. The van der Waals surface area contributed by atoms with E-state index in [1.165, 1.54) is 28.2 Å². The highest BCUT2D eigenvalue weighted by Crippen LogP contribution is 2.33. The maximum absolute atomic E-state index is 13.5. The average Bonchev–Trinajstić information content (AvgIpc) is 3.36. The summed E-state index contributed by atoms with van der Waals surface area (Å²) >= 11 is 2.86. The summed E-state index contributed by atoms with van der Waals surface area (Å²) < 4.78 is 7.73. The van der Waals surface area contributed by atoms with E-state index in [-0.39, 0.29) is 11.7 Å². The first-order chi connectivity index (χ1) is 15.3. The Balaban J connectivity index is 1.86. The Morgan fingerprint density at radius 2 is 1.88 bits per heavy atom. The lowest BCUT2D eigenvalue weighted by Gasteiger charge is -2.24. The lowest BCUT2D eigenvalue weighted by atomic mass is 10.0. The molecule has 4 rings (SSSR count). The van der Waals surface area contributed by atoms with Crippen molar-refractivity contribution < 1.29 is 9.53 Å². The van der Waals surface area contributed by atoms with Crippen LogP contribution in [0.3, 0.4) is 0 Å². The van der Waals surface area contributed by atoms with Crippen LogP contribution in [0.15, 0.2) is 62.8 Å². The normalized spacial score (nSPS) is 16.5. The molecule has 0 amide bonds. The van der Waals surface area contributed by atoms with Gasteiger partial charge in [-0.05, 0) is 55.3 Å². The van der Waals surface area contributed by atoms with Crippen LogP contribution in [0.1, 0.15) is 62.6 Å². The van der Waals surface area contributed by atoms with E-state index in [4.69, 9.17) is 4.74 Å². The number of thiazole rings is 1. The molecule has 3 heterocycles. The number of ether oxygens (including phenoxy) is 1. The molecule has 7 heteroatoms. The molecule has 0 spiro atoms. The number of thiophene rings is 1. The Morgan fingerprint density at radius 3 is 2.47 bits per heavy atom. The van der Waals surface area contributed by atoms with E-state index in [0.717, 1.165) is 10.4 Å². The summed E-state index contributed by atoms with van der Waals surface area (Å²) in [5.74, 6) is 0.0188. The van der Waals surface area contributed by atoms with Crippen molar-refractivity contribution in [3.63, 3.8) is 0 Å². The van der Waals surface area contributed by atoms with Gasteiger partial charge in [0.1, 0.15) is 6.04 Å². The van der Waals surface area contributed by atoms with Crippen LogP contribution in [0.4, 0.5) is 0 Å². The fraction of sp³-hybridized carbons (Fsp3) is 0.320. The maximum Gasteiger partial charge on any atom is 0.338 e. The number of allylic oxidation sites excluding steroid dienone is 1. The summed E-state index contributed by atoms with van der Waals surface area (Å²) in [5, 5.41) is 1.95. The lowest BCUT2D eigenvalue weighted by Crippen LogP contribution is -2.39. The number of carbonyl (C=O) groups excluding carboxylic acids is 1. The molecule has 1 aliphatic rings. The Bertz CT molecular complexity index is 1340. The van der Waals surface area contributed by atoms with Crippen molar-refractivity contribution in [1.82, 2.24) is 4.57 Å². The molecule has 0 saturated carbocycles. The molecule has 0 fully saturated rings. The quantitative estimate of drug-likeness (QED) is 0.525. The van der Waals surface area contributed by atoms with Crippen molar-refractivity contribution in [1.29, 1.82) is 0 Å². The Hall–Kier alpha value is -2.77. The third-order valence-electron chi connectivity index (χ3n) is 5.30. The van der Waals surface area contributed by atoms with Crippen molar-refractivity contribution in [3.05, 3.63) is 88.7 Å². The molecule has 0 unspecified atom stereocenters. The highest BCUT2D eigenvalue weighted by molar-refractivity contribution is 7.10. The van der Waals surface area contributed by atoms with E-state index >= 15 is 0 Å². The zero-order valence-electron chi connectivity index (χ0n) is 18.8. The smallest absolute Gasteiger partial charge is 0.338 e. The molecule has 5 nitrogen and oxygen atoms in total. The van der Waals surface area contributed by atoms with Crippen LogP contribution in [0.5, 0.6) is 0 Å². The third kappa shape index (κ3) is 4.27. The number of carbonyl (C=O) groups is 1. The van der Waals surface area contributed by atoms with Crippen LogP contribution in [0, 0.1) is 0 Å². The minimum atomic E-state index is -0.539. The van der Waals surface area contributed by atoms with Gasteiger partial charge in [-0.3, -0.25) is 9.36 Å². The zero-order chi connectivity index (χ0) is 23.0. The number of hydrogen-bond acceptors (Lipinski definition) is 6. The number of esters is 1. The molecular formula is C25H26N2O3S2. The SMILES string of the molecule is CC1=C(C(=O)OC(C)C)[C@H](c2cccs2)n2c(s/c(=C\c3ccc(C(C)C)cc3)c2=O)=N1. The van der Waals surface area contributed by atoms with Gasteiger partial charge in [-0.15, -0.1) is 11.3 Å². The van der Waals surface area contributed by atoms with Crippen molar-refractivity contribution in [2.24, 2.45) is 4.99 Å². The number of hydrogen-bond donors (Lipinski definition) is 0. The molecule has 32 heavy (non-hydrogen) atoms. The summed E-state index contributed by atoms with van der Waals surface area (Å²) in [7, 11) is 0. The number of benzene rings is 1. The minimum Gasteiger partial charge on any atom is -0.459 e. The minimum absolute atomic E-state index is 0.151. The Labute approximate surface area is 195 Å². The van der Waals surface area contributed by atoms with Crippen LogP contribution < -0.4 is 14.9 Å². The standard InChI is InChI=1S/C25H26N2O3S2/c1-14(2)18-10-8-17(9-11-18)13-20-23(28)27-22(19-7-6-12-31-19)21(24(29)30-15(3)4)16(5)26-25(27)32-20/h6-15,22H,1-5H3/b20-13-/t22-/m0/s1. The van der Waals surface area contributed by atoms with E-state index < -0.39 is 12.0 Å². The second kappa shape index (κ2) is 9.00. The topological polar surface area (TPSA) is 60.7 Å². The van der Waals surface area contributed by atoms with Gasteiger partial charge in [0.2, 0.25) is 0 Å². The maximum atomic E-state index is 13.5. The van der Waals surface area contributed by atoms with Gasteiger partial charge >= 0.3 is 5.97 Å². The zero-order valence-corrected chi connectivity index (χ0v) is 20.4. The van der Waals surface area contributed by atoms with Gasteiger partial charge in [-0.25, -0.2) is 9.79 Å². The summed E-state index contributed by atoms with van der Waals surface area (Å²) in [6.07, 6.45) is 1.63. The van der Waals surface area contributed by atoms with Gasteiger partial charge in [0, 0.05) is 4.88 Å². The van der Waals surface area contributed by atoms with E-state index in [2.05, 4.69) is 31.0 Å². The van der Waals surface area contributed by atoms with E-state index in [1.54, 1.807) is 11.5 Å². The highest BCUT2D eigenvalue weighted by Gasteiger charge is 2.34. The van der Waals surface area contributed by atoms with Crippen molar-refractivity contribution in [3.8, 4) is 0 Å². The molecule has 166 valence electrons. The van der Waals surface area contributed by atoms with Gasteiger partial charge in [-0.1, -0.05) is 55.5 Å². The highest BCUT2D eigenvalue weighted by atomic mass is 32.1. The first-order valence-electron chi connectivity index (χ1n) is 10.6. The monoisotopic (exact) mass is 466 g/mol. The molecule has 2 aromatic heterocycles. The van der Waals surface area contributed by atoms with E-state index in [0.29, 0.717) is 26.5 Å². The second-order valence-electron chi connectivity index (χ2n) is 8.37. The molecule has 1 atom stereocenters. The molecule has 0 radical (unpaired) electrons. The van der Waals surface area contributed by atoms with Crippen molar-refractivity contribution in [2.45, 2.75) is 52.7 Å². The van der Waals surface area contributed by atoms with Gasteiger partial charge in [0.15, 0.2) is 4.80 Å². The number of nitrogens with zero attached hydrogens (tertiary/aromatic N) is 2. The van der Waals surface area contributed by atoms with Crippen LogP contribution >= 0.6 is 22.7 Å². The van der Waals surface area contributed by atoms with Gasteiger partial charge in [0.25, 0.3) is 5.56 Å². The average molecular weight is 467 g/mol. The first kappa shape index (κ1) is 22.4. The van der Waals surface area contributed by atoms with Crippen molar-refractivity contribution in [2.75, 3.05) is 0 Å². The van der Waals surface area contributed by atoms with Crippen LogP contribution in [-0.4, -0.2) is 16.6 Å². The molecule has 0 bridgehead atoms. The van der Waals surface area contributed by atoms with E-state index in [1.807, 2.05) is 49.6 Å². The van der Waals surface area contributed by atoms with Crippen LogP contribution in [-0.2, 0) is 9.53 Å². The summed E-state index contributed by atoms with van der Waals surface area (Å²) in [5.41, 5.74) is 3.07. The predicted octanol–water partition coefficient (Wildman–Crippen LogP) is 4.37. The molecule has 0 saturated heterocycles.